The van der Waals surface area contributed by atoms with Crippen molar-refractivity contribution in [2.24, 2.45) is 0 Å². The Morgan fingerprint density at radius 3 is 2.17 bits per heavy atom. The molecule has 156 valence electrons. The Kier molecular flexibility index (Phi) is 5.55. The highest BCUT2D eigenvalue weighted by Crippen LogP contribution is 2.38. The summed E-state index contributed by atoms with van der Waals surface area (Å²) in [5.74, 6) is -1.42. The summed E-state index contributed by atoms with van der Waals surface area (Å²) in [7, 11) is 0. The smallest absolute Gasteiger partial charge is 0.328 e. The van der Waals surface area contributed by atoms with Crippen LogP contribution in [0.15, 0.2) is 60.7 Å². The standard InChI is InChI=1S/C23H24N2O5/c26-20(15-17-7-3-1-4-8-17)24-13-11-23(12-14-24)25(19(16-30-23)22(28)29)21(27)18-9-5-2-6-10-18/h1-10,19H,11-16H2,(H,28,29)/t19-/m0/s1. The van der Waals surface area contributed by atoms with Crippen LogP contribution in [-0.2, 0) is 20.7 Å². The predicted molar refractivity (Wildman–Crippen MR) is 109 cm³/mol. The zero-order valence-corrected chi connectivity index (χ0v) is 16.6. The first-order chi connectivity index (χ1) is 14.5. The molecule has 2 heterocycles. The van der Waals surface area contributed by atoms with E-state index in [9.17, 15) is 19.5 Å². The number of rotatable bonds is 4. The predicted octanol–water partition coefficient (Wildman–Crippen LogP) is 2.17. The lowest BCUT2D eigenvalue weighted by atomic mass is 9.96. The maximum absolute atomic E-state index is 13.2. The van der Waals surface area contributed by atoms with Crippen LogP contribution in [0.2, 0.25) is 0 Å². The van der Waals surface area contributed by atoms with E-state index in [0.29, 0.717) is 37.9 Å². The van der Waals surface area contributed by atoms with Gasteiger partial charge in [0, 0.05) is 31.5 Å². The second-order valence-corrected chi connectivity index (χ2v) is 7.70. The first kappa shape index (κ1) is 20.1. The number of aliphatic carboxylic acids is 1. The Morgan fingerprint density at radius 2 is 1.57 bits per heavy atom. The van der Waals surface area contributed by atoms with Gasteiger partial charge in [-0.3, -0.25) is 14.5 Å². The molecule has 0 radical (unpaired) electrons. The van der Waals surface area contributed by atoms with Gasteiger partial charge in [0.15, 0.2) is 6.04 Å². The molecular formula is C23H24N2O5. The summed E-state index contributed by atoms with van der Waals surface area (Å²) in [5.41, 5.74) is 0.377. The molecule has 1 N–H and O–H groups in total. The topological polar surface area (TPSA) is 87.2 Å². The summed E-state index contributed by atoms with van der Waals surface area (Å²) in [6.45, 7) is 0.777. The van der Waals surface area contributed by atoms with Crippen LogP contribution in [0.5, 0.6) is 0 Å². The lowest BCUT2D eigenvalue weighted by molar-refractivity contribution is -0.147. The van der Waals surface area contributed by atoms with E-state index in [0.717, 1.165) is 5.56 Å². The highest BCUT2D eigenvalue weighted by molar-refractivity contribution is 5.97. The van der Waals surface area contributed by atoms with Crippen molar-refractivity contribution in [3.8, 4) is 0 Å². The van der Waals surface area contributed by atoms with Gasteiger partial charge in [-0.25, -0.2) is 4.79 Å². The van der Waals surface area contributed by atoms with Gasteiger partial charge in [-0.15, -0.1) is 0 Å². The van der Waals surface area contributed by atoms with Crippen molar-refractivity contribution in [1.29, 1.82) is 0 Å². The van der Waals surface area contributed by atoms with Crippen LogP contribution in [-0.4, -0.2) is 64.2 Å². The first-order valence-corrected chi connectivity index (χ1v) is 10.1. The average Bonchev–Trinajstić information content (AvgIpc) is 3.14. The zero-order chi connectivity index (χ0) is 21.1. The molecule has 30 heavy (non-hydrogen) atoms. The molecule has 2 fully saturated rings. The monoisotopic (exact) mass is 408 g/mol. The van der Waals surface area contributed by atoms with Crippen molar-refractivity contribution in [3.05, 3.63) is 71.8 Å². The minimum absolute atomic E-state index is 0.0183. The van der Waals surface area contributed by atoms with Crippen LogP contribution in [0.1, 0.15) is 28.8 Å². The molecule has 0 bridgehead atoms. The van der Waals surface area contributed by atoms with Gasteiger partial charge in [0.2, 0.25) is 5.91 Å². The molecule has 2 aromatic rings. The Hall–Kier alpha value is -3.19. The van der Waals surface area contributed by atoms with Gasteiger partial charge in [-0.1, -0.05) is 48.5 Å². The van der Waals surface area contributed by atoms with Crippen LogP contribution in [0, 0.1) is 0 Å². The minimum Gasteiger partial charge on any atom is -0.480 e. The third-order valence-corrected chi connectivity index (χ3v) is 5.88. The third-order valence-electron chi connectivity index (χ3n) is 5.88. The summed E-state index contributed by atoms with van der Waals surface area (Å²) >= 11 is 0. The SMILES string of the molecule is O=C(O)[C@@H]1COC2(CCN(C(=O)Cc3ccccc3)CC2)N1C(=O)c1ccccc1. The number of nitrogens with zero attached hydrogens (tertiary/aromatic N) is 2. The van der Waals surface area contributed by atoms with Gasteiger partial charge in [0.25, 0.3) is 5.91 Å². The van der Waals surface area contributed by atoms with Crippen molar-refractivity contribution < 1.29 is 24.2 Å². The van der Waals surface area contributed by atoms with E-state index in [1.54, 1.807) is 35.2 Å². The summed E-state index contributed by atoms with van der Waals surface area (Å²) in [6.07, 6.45) is 1.09. The number of hydrogen-bond donors (Lipinski definition) is 1. The highest BCUT2D eigenvalue weighted by Gasteiger charge is 2.54. The van der Waals surface area contributed by atoms with Crippen molar-refractivity contribution in [3.63, 3.8) is 0 Å². The van der Waals surface area contributed by atoms with Crippen LogP contribution >= 0.6 is 0 Å². The number of amides is 2. The molecule has 7 nitrogen and oxygen atoms in total. The van der Waals surface area contributed by atoms with E-state index in [1.807, 2.05) is 30.3 Å². The number of hydrogen-bond acceptors (Lipinski definition) is 4. The number of benzene rings is 2. The van der Waals surface area contributed by atoms with Gasteiger partial charge >= 0.3 is 5.97 Å². The summed E-state index contributed by atoms with van der Waals surface area (Å²) in [6, 6.07) is 17.2. The fourth-order valence-corrected chi connectivity index (χ4v) is 4.26. The van der Waals surface area contributed by atoms with E-state index < -0.39 is 17.7 Å². The highest BCUT2D eigenvalue weighted by atomic mass is 16.5. The molecule has 2 aliphatic rings. The summed E-state index contributed by atoms with van der Waals surface area (Å²) < 4.78 is 5.94. The van der Waals surface area contributed by atoms with Crippen molar-refractivity contribution >= 4 is 17.8 Å². The molecule has 2 saturated heterocycles. The first-order valence-electron chi connectivity index (χ1n) is 10.1. The Balaban J connectivity index is 1.50. The van der Waals surface area contributed by atoms with Gasteiger partial charge in [-0.05, 0) is 17.7 Å². The van der Waals surface area contributed by atoms with E-state index >= 15 is 0 Å². The van der Waals surface area contributed by atoms with Crippen molar-refractivity contribution in [1.82, 2.24) is 9.80 Å². The molecule has 2 amide bonds. The quantitative estimate of drug-likeness (QED) is 0.838. The maximum Gasteiger partial charge on any atom is 0.328 e. The summed E-state index contributed by atoms with van der Waals surface area (Å²) in [4.78, 5) is 40.8. The van der Waals surface area contributed by atoms with E-state index in [2.05, 4.69) is 0 Å². The molecule has 0 aliphatic carbocycles. The zero-order valence-electron chi connectivity index (χ0n) is 16.6. The number of carboxylic acids is 1. The molecule has 1 spiro atoms. The Labute approximate surface area is 174 Å². The van der Waals surface area contributed by atoms with Crippen LogP contribution in [0.4, 0.5) is 0 Å². The fourth-order valence-electron chi connectivity index (χ4n) is 4.26. The second-order valence-electron chi connectivity index (χ2n) is 7.70. The van der Waals surface area contributed by atoms with Gasteiger partial charge < -0.3 is 14.7 Å². The molecular weight excluding hydrogens is 384 g/mol. The van der Waals surface area contributed by atoms with Crippen molar-refractivity contribution in [2.45, 2.75) is 31.0 Å². The molecule has 4 rings (SSSR count). The van der Waals surface area contributed by atoms with E-state index in [1.165, 1.54) is 4.90 Å². The van der Waals surface area contributed by atoms with E-state index in [4.69, 9.17) is 4.74 Å². The normalized spacial score (nSPS) is 20.3. The lowest BCUT2D eigenvalue weighted by Crippen LogP contribution is -2.58. The van der Waals surface area contributed by atoms with Gasteiger partial charge in [-0.2, -0.15) is 0 Å². The second kappa shape index (κ2) is 8.28. The largest absolute Gasteiger partial charge is 0.480 e. The molecule has 7 heteroatoms. The van der Waals surface area contributed by atoms with Gasteiger partial charge in [0.05, 0.1) is 13.0 Å². The number of carboxylic acid groups (broad SMARTS) is 1. The van der Waals surface area contributed by atoms with E-state index in [-0.39, 0.29) is 18.4 Å². The number of carbonyl (C=O) groups excluding carboxylic acids is 2. The Bertz CT molecular complexity index is 923. The molecule has 2 aliphatic heterocycles. The molecule has 1 atom stereocenters. The molecule has 2 aromatic carbocycles. The third kappa shape index (κ3) is 3.80. The molecule has 0 unspecified atom stereocenters. The fraction of sp³-hybridized carbons (Fsp3) is 0.348. The van der Waals surface area contributed by atoms with Crippen LogP contribution in [0.25, 0.3) is 0 Å². The number of likely N-dealkylation sites (tertiary alicyclic amines) is 1. The Morgan fingerprint density at radius 1 is 0.967 bits per heavy atom. The minimum atomic E-state index is -1.08. The van der Waals surface area contributed by atoms with Crippen molar-refractivity contribution in [2.75, 3.05) is 19.7 Å². The van der Waals surface area contributed by atoms with Crippen LogP contribution in [0.3, 0.4) is 0 Å². The maximum atomic E-state index is 13.2. The van der Waals surface area contributed by atoms with Gasteiger partial charge in [0.1, 0.15) is 5.72 Å². The molecule has 0 saturated carbocycles. The number of ether oxygens (including phenoxy) is 1. The number of carbonyl (C=O) groups is 3. The lowest BCUT2D eigenvalue weighted by Gasteiger charge is -2.44. The van der Waals surface area contributed by atoms with Crippen LogP contribution < -0.4 is 0 Å². The summed E-state index contributed by atoms with van der Waals surface area (Å²) in [5, 5.41) is 9.66. The average molecular weight is 408 g/mol. The molecule has 0 aromatic heterocycles. The number of piperidine rings is 1.